The predicted octanol–water partition coefficient (Wildman–Crippen LogP) is 2.54. The van der Waals surface area contributed by atoms with Crippen LogP contribution in [0, 0.1) is 13.8 Å². The topological polar surface area (TPSA) is 84.1 Å². The van der Waals surface area contributed by atoms with Crippen molar-refractivity contribution in [2.24, 2.45) is 0 Å². The molecule has 0 radical (unpaired) electrons. The van der Waals surface area contributed by atoms with Gasteiger partial charge < -0.3 is 15.0 Å². The second-order valence-electron chi connectivity index (χ2n) is 5.38. The smallest absolute Gasteiger partial charge is 0.261 e. The van der Waals surface area contributed by atoms with Crippen LogP contribution in [0.5, 0.6) is 5.75 Å². The number of hydrogen-bond acceptors (Lipinski definition) is 5. The summed E-state index contributed by atoms with van der Waals surface area (Å²) in [5.74, 6) is 1.03. The minimum Gasteiger partial charge on any atom is -0.496 e. The van der Waals surface area contributed by atoms with Crippen LogP contribution in [0.1, 0.15) is 26.6 Å². The Hall–Kier alpha value is -2.67. The molecule has 24 heavy (non-hydrogen) atoms. The third-order valence-electron chi connectivity index (χ3n) is 3.76. The molecule has 0 bridgehead atoms. The number of benzene rings is 1. The zero-order valence-electron chi connectivity index (χ0n) is 13.6. The number of aryl methyl sites for hydroxylation is 2. The molecular weight excluding hydrogens is 326 g/mol. The number of thiophene rings is 1. The lowest BCUT2D eigenvalue weighted by Gasteiger charge is -2.09. The first-order valence-electron chi connectivity index (χ1n) is 7.41. The van der Waals surface area contributed by atoms with Gasteiger partial charge in [0.2, 0.25) is 0 Å². The number of aromatic amines is 1. The van der Waals surface area contributed by atoms with Crippen molar-refractivity contribution in [2.45, 2.75) is 20.4 Å². The van der Waals surface area contributed by atoms with Gasteiger partial charge in [-0.3, -0.25) is 9.59 Å². The Bertz CT molecular complexity index is 975. The van der Waals surface area contributed by atoms with E-state index in [4.69, 9.17) is 4.74 Å². The maximum absolute atomic E-state index is 12.5. The average Bonchev–Trinajstić information content (AvgIpc) is 2.89. The number of carbonyl (C=O) groups is 1. The molecule has 0 aliphatic heterocycles. The van der Waals surface area contributed by atoms with E-state index in [9.17, 15) is 9.59 Å². The van der Waals surface area contributed by atoms with E-state index in [1.54, 1.807) is 21.0 Å². The van der Waals surface area contributed by atoms with Crippen LogP contribution in [-0.4, -0.2) is 23.0 Å². The van der Waals surface area contributed by atoms with E-state index in [0.717, 1.165) is 11.3 Å². The number of nitrogens with one attached hydrogen (secondary N) is 2. The fraction of sp³-hybridized carbons (Fsp3) is 0.235. The first-order valence-corrected chi connectivity index (χ1v) is 8.23. The summed E-state index contributed by atoms with van der Waals surface area (Å²) in [6, 6.07) is 7.51. The van der Waals surface area contributed by atoms with Crippen molar-refractivity contribution in [3.63, 3.8) is 0 Å². The lowest BCUT2D eigenvalue weighted by molar-refractivity contribution is 0.0954. The summed E-state index contributed by atoms with van der Waals surface area (Å²) in [6.07, 6.45) is 0. The zero-order chi connectivity index (χ0) is 17.3. The number of rotatable bonds is 4. The average molecular weight is 343 g/mol. The third kappa shape index (κ3) is 2.90. The van der Waals surface area contributed by atoms with Gasteiger partial charge in [0.25, 0.3) is 11.5 Å². The second kappa shape index (κ2) is 6.45. The molecular formula is C17H17N3O3S. The summed E-state index contributed by atoms with van der Waals surface area (Å²) in [5, 5.41) is 3.36. The third-order valence-corrected chi connectivity index (χ3v) is 4.94. The molecule has 124 valence electrons. The van der Waals surface area contributed by atoms with Gasteiger partial charge in [-0.2, -0.15) is 0 Å². The number of amides is 1. The van der Waals surface area contributed by atoms with Crippen LogP contribution < -0.4 is 15.6 Å². The number of carbonyl (C=O) groups excluding carboxylic acids is 1. The summed E-state index contributed by atoms with van der Waals surface area (Å²) in [7, 11) is 1.59. The van der Waals surface area contributed by atoms with Gasteiger partial charge in [0.15, 0.2) is 0 Å². The second-order valence-corrected chi connectivity index (χ2v) is 6.38. The van der Waals surface area contributed by atoms with E-state index in [2.05, 4.69) is 15.3 Å². The molecule has 0 aliphatic carbocycles. The van der Waals surface area contributed by atoms with E-state index in [1.807, 2.05) is 24.3 Å². The van der Waals surface area contributed by atoms with E-state index in [1.165, 1.54) is 11.3 Å². The van der Waals surface area contributed by atoms with Crippen LogP contribution in [0.2, 0.25) is 0 Å². The van der Waals surface area contributed by atoms with Gasteiger partial charge in [-0.25, -0.2) is 4.98 Å². The first kappa shape index (κ1) is 16.2. The fourth-order valence-electron chi connectivity index (χ4n) is 2.57. The van der Waals surface area contributed by atoms with Crippen molar-refractivity contribution < 1.29 is 9.53 Å². The standard InChI is InChI=1S/C17H17N3O3S/c1-9-13-15(21)19-10(2)20-17(13)24-14(9)16(22)18-8-11-6-4-5-7-12(11)23-3/h4-7H,8H2,1-3H3,(H,18,22)(H,19,20,21). The fourth-order valence-corrected chi connectivity index (χ4v) is 3.72. The number of methoxy groups -OCH3 is 1. The Morgan fingerprint density at radius 2 is 2.08 bits per heavy atom. The predicted molar refractivity (Wildman–Crippen MR) is 93.9 cm³/mol. The van der Waals surface area contributed by atoms with Gasteiger partial charge in [0.05, 0.1) is 17.4 Å². The Kier molecular flexibility index (Phi) is 4.35. The zero-order valence-corrected chi connectivity index (χ0v) is 14.4. The largest absolute Gasteiger partial charge is 0.496 e. The van der Waals surface area contributed by atoms with Crippen molar-refractivity contribution in [1.82, 2.24) is 15.3 Å². The summed E-state index contributed by atoms with van der Waals surface area (Å²) in [4.78, 5) is 32.7. The normalized spacial score (nSPS) is 10.8. The highest BCUT2D eigenvalue weighted by atomic mass is 32.1. The van der Waals surface area contributed by atoms with E-state index in [0.29, 0.717) is 33.0 Å². The monoisotopic (exact) mass is 343 g/mol. The maximum Gasteiger partial charge on any atom is 0.261 e. The van der Waals surface area contributed by atoms with Crippen LogP contribution in [-0.2, 0) is 6.54 Å². The van der Waals surface area contributed by atoms with E-state index < -0.39 is 0 Å². The SMILES string of the molecule is COc1ccccc1CNC(=O)c1sc2nc(C)[nH]c(=O)c2c1C. The number of aromatic nitrogens is 2. The van der Waals surface area contributed by atoms with Gasteiger partial charge in [-0.1, -0.05) is 18.2 Å². The molecule has 3 aromatic rings. The number of fused-ring (bicyclic) bond motifs is 1. The minimum atomic E-state index is -0.224. The summed E-state index contributed by atoms with van der Waals surface area (Å²) >= 11 is 1.23. The summed E-state index contributed by atoms with van der Waals surface area (Å²) < 4.78 is 5.28. The molecule has 0 unspecified atom stereocenters. The number of para-hydroxylation sites is 1. The van der Waals surface area contributed by atoms with E-state index >= 15 is 0 Å². The highest BCUT2D eigenvalue weighted by molar-refractivity contribution is 7.20. The van der Waals surface area contributed by atoms with Crippen LogP contribution >= 0.6 is 11.3 Å². The lowest BCUT2D eigenvalue weighted by atomic mass is 10.2. The number of H-pyrrole nitrogens is 1. The number of nitrogens with zero attached hydrogens (tertiary/aromatic N) is 1. The molecule has 2 heterocycles. The van der Waals surface area contributed by atoms with Gasteiger partial charge in [0.1, 0.15) is 16.4 Å². The Labute approximate surface area is 142 Å². The number of hydrogen-bond donors (Lipinski definition) is 2. The van der Waals surface area contributed by atoms with Gasteiger partial charge >= 0.3 is 0 Å². The van der Waals surface area contributed by atoms with Crippen molar-refractivity contribution >= 4 is 27.5 Å². The first-order chi connectivity index (χ1) is 11.5. The Morgan fingerprint density at radius 3 is 2.83 bits per heavy atom. The molecule has 0 aliphatic rings. The van der Waals surface area contributed by atoms with Crippen LogP contribution in [0.25, 0.3) is 10.2 Å². The Balaban J connectivity index is 1.88. The van der Waals surface area contributed by atoms with Crippen molar-refractivity contribution in [1.29, 1.82) is 0 Å². The quantitative estimate of drug-likeness (QED) is 0.762. The van der Waals surface area contributed by atoms with Gasteiger partial charge in [-0.15, -0.1) is 11.3 Å². The molecule has 2 aromatic heterocycles. The van der Waals surface area contributed by atoms with Crippen molar-refractivity contribution in [2.75, 3.05) is 7.11 Å². The minimum absolute atomic E-state index is 0.213. The molecule has 2 N–H and O–H groups in total. The van der Waals surface area contributed by atoms with Crippen LogP contribution in [0.15, 0.2) is 29.1 Å². The number of ether oxygens (including phenoxy) is 1. The molecule has 1 aromatic carbocycles. The molecule has 3 rings (SSSR count). The summed E-state index contributed by atoms with van der Waals surface area (Å²) in [6.45, 7) is 3.83. The summed E-state index contributed by atoms with van der Waals surface area (Å²) in [5.41, 5.74) is 1.33. The molecule has 0 fully saturated rings. The van der Waals surface area contributed by atoms with Crippen LogP contribution in [0.4, 0.5) is 0 Å². The van der Waals surface area contributed by atoms with Crippen LogP contribution in [0.3, 0.4) is 0 Å². The molecule has 0 atom stereocenters. The molecule has 0 saturated heterocycles. The van der Waals surface area contributed by atoms with E-state index in [-0.39, 0.29) is 11.5 Å². The van der Waals surface area contributed by atoms with Gasteiger partial charge in [-0.05, 0) is 25.5 Å². The highest BCUT2D eigenvalue weighted by Gasteiger charge is 2.19. The molecule has 6 nitrogen and oxygen atoms in total. The Morgan fingerprint density at radius 1 is 1.33 bits per heavy atom. The van der Waals surface area contributed by atoms with Crippen molar-refractivity contribution in [3.05, 3.63) is 56.4 Å². The molecule has 1 amide bonds. The molecule has 0 saturated carbocycles. The lowest BCUT2D eigenvalue weighted by Crippen LogP contribution is -2.23. The molecule has 0 spiro atoms. The highest BCUT2D eigenvalue weighted by Crippen LogP contribution is 2.27. The maximum atomic E-state index is 12.5. The molecule has 7 heteroatoms. The van der Waals surface area contributed by atoms with Crippen molar-refractivity contribution in [3.8, 4) is 5.75 Å². The van der Waals surface area contributed by atoms with Gasteiger partial charge in [0, 0.05) is 12.1 Å².